The predicted octanol–water partition coefficient (Wildman–Crippen LogP) is 1.73. The molecule has 3 aromatic heterocycles. The van der Waals surface area contributed by atoms with Crippen LogP contribution in [0.25, 0.3) is 11.0 Å². The van der Waals surface area contributed by atoms with Crippen LogP contribution in [-0.4, -0.2) is 24.5 Å². The molecular weight excluding hydrogens is 252 g/mol. The normalized spacial score (nSPS) is 16.6. The molecule has 102 valence electrons. The summed E-state index contributed by atoms with van der Waals surface area (Å²) in [5, 5.41) is 0. The molecule has 1 unspecified atom stereocenters. The minimum Gasteiger partial charge on any atom is -0.348 e. The molecule has 1 aliphatic carbocycles. The van der Waals surface area contributed by atoms with Gasteiger partial charge in [0.1, 0.15) is 11.3 Å². The van der Waals surface area contributed by atoms with Crippen LogP contribution in [0.2, 0.25) is 0 Å². The molecule has 4 rings (SSSR count). The summed E-state index contributed by atoms with van der Waals surface area (Å²) in [5.41, 5.74) is 9.46. The standard InChI is InChI=1S/C14H16N6/c15-11(5-9-6-17-8-18-9)14-19-12-7-16-4-3-13(12)20(14)10-1-2-10/h3-4,6-8,10-11H,1-2,5,15H2,(H,17,18). The molecule has 3 heterocycles. The summed E-state index contributed by atoms with van der Waals surface area (Å²) in [6.45, 7) is 0. The molecule has 0 radical (unpaired) electrons. The second-order valence-electron chi connectivity index (χ2n) is 5.32. The maximum atomic E-state index is 6.36. The average molecular weight is 268 g/mol. The summed E-state index contributed by atoms with van der Waals surface area (Å²) in [4.78, 5) is 16.0. The number of pyridine rings is 1. The molecule has 20 heavy (non-hydrogen) atoms. The monoisotopic (exact) mass is 268 g/mol. The van der Waals surface area contributed by atoms with Gasteiger partial charge in [-0.15, -0.1) is 0 Å². The SMILES string of the molecule is NC(Cc1cnc[nH]1)c1nc2cnccc2n1C1CC1. The van der Waals surface area contributed by atoms with Crippen LogP contribution in [0.3, 0.4) is 0 Å². The van der Waals surface area contributed by atoms with E-state index in [2.05, 4.69) is 19.5 Å². The Morgan fingerprint density at radius 2 is 2.25 bits per heavy atom. The second kappa shape index (κ2) is 4.42. The third-order valence-electron chi connectivity index (χ3n) is 3.76. The van der Waals surface area contributed by atoms with Crippen molar-refractivity contribution in [2.45, 2.75) is 31.3 Å². The van der Waals surface area contributed by atoms with Gasteiger partial charge in [0.25, 0.3) is 0 Å². The van der Waals surface area contributed by atoms with Crippen molar-refractivity contribution in [3.05, 3.63) is 42.5 Å². The number of nitrogens with zero attached hydrogens (tertiary/aromatic N) is 4. The zero-order chi connectivity index (χ0) is 13.5. The summed E-state index contributed by atoms with van der Waals surface area (Å²) in [7, 11) is 0. The van der Waals surface area contributed by atoms with Crippen LogP contribution >= 0.6 is 0 Å². The highest BCUT2D eigenvalue weighted by Gasteiger charge is 2.30. The predicted molar refractivity (Wildman–Crippen MR) is 75.0 cm³/mol. The van der Waals surface area contributed by atoms with E-state index in [1.807, 2.05) is 18.5 Å². The number of aromatic amines is 1. The van der Waals surface area contributed by atoms with Gasteiger partial charge in [0.05, 0.1) is 24.1 Å². The van der Waals surface area contributed by atoms with Gasteiger partial charge in [-0.3, -0.25) is 4.98 Å². The van der Waals surface area contributed by atoms with Gasteiger partial charge < -0.3 is 15.3 Å². The topological polar surface area (TPSA) is 85.4 Å². The molecule has 3 N–H and O–H groups in total. The van der Waals surface area contributed by atoms with Crippen LogP contribution in [0.4, 0.5) is 0 Å². The number of rotatable bonds is 4. The minimum atomic E-state index is -0.136. The van der Waals surface area contributed by atoms with E-state index >= 15 is 0 Å². The number of nitrogens with one attached hydrogen (secondary N) is 1. The third-order valence-corrected chi connectivity index (χ3v) is 3.76. The maximum Gasteiger partial charge on any atom is 0.127 e. The van der Waals surface area contributed by atoms with Crippen LogP contribution < -0.4 is 5.73 Å². The zero-order valence-electron chi connectivity index (χ0n) is 11.0. The highest BCUT2D eigenvalue weighted by molar-refractivity contribution is 5.75. The number of aromatic nitrogens is 5. The Morgan fingerprint density at radius 1 is 1.35 bits per heavy atom. The summed E-state index contributed by atoms with van der Waals surface area (Å²) in [6, 6.07) is 2.43. The van der Waals surface area contributed by atoms with Gasteiger partial charge in [0.15, 0.2) is 0 Å². The van der Waals surface area contributed by atoms with E-state index in [4.69, 9.17) is 10.7 Å². The summed E-state index contributed by atoms with van der Waals surface area (Å²) in [5.74, 6) is 0.949. The van der Waals surface area contributed by atoms with Gasteiger partial charge >= 0.3 is 0 Å². The van der Waals surface area contributed by atoms with Crippen molar-refractivity contribution in [2.24, 2.45) is 5.73 Å². The Morgan fingerprint density at radius 3 is 3.00 bits per heavy atom. The van der Waals surface area contributed by atoms with E-state index in [-0.39, 0.29) is 6.04 Å². The van der Waals surface area contributed by atoms with Crippen molar-refractivity contribution in [2.75, 3.05) is 0 Å². The van der Waals surface area contributed by atoms with Gasteiger partial charge in [-0.2, -0.15) is 0 Å². The van der Waals surface area contributed by atoms with Crippen molar-refractivity contribution in [1.82, 2.24) is 24.5 Å². The molecule has 0 spiro atoms. The quantitative estimate of drug-likeness (QED) is 0.754. The molecule has 0 aromatic carbocycles. The molecule has 6 heteroatoms. The van der Waals surface area contributed by atoms with E-state index in [1.54, 1.807) is 12.5 Å². The van der Waals surface area contributed by atoms with E-state index in [0.29, 0.717) is 12.5 Å². The summed E-state index contributed by atoms with van der Waals surface area (Å²) < 4.78 is 2.29. The molecule has 3 aromatic rings. The van der Waals surface area contributed by atoms with E-state index < -0.39 is 0 Å². The molecule has 1 saturated carbocycles. The lowest BCUT2D eigenvalue weighted by Crippen LogP contribution is -2.19. The molecule has 0 saturated heterocycles. The Bertz CT molecular complexity index is 725. The molecule has 0 bridgehead atoms. The zero-order valence-corrected chi connectivity index (χ0v) is 11.0. The molecule has 0 amide bonds. The van der Waals surface area contributed by atoms with Crippen molar-refractivity contribution >= 4 is 11.0 Å². The van der Waals surface area contributed by atoms with Crippen molar-refractivity contribution in [1.29, 1.82) is 0 Å². The van der Waals surface area contributed by atoms with Crippen molar-refractivity contribution < 1.29 is 0 Å². The van der Waals surface area contributed by atoms with Crippen LogP contribution in [0, 0.1) is 0 Å². The Labute approximate surface area is 116 Å². The van der Waals surface area contributed by atoms with Crippen molar-refractivity contribution in [3.63, 3.8) is 0 Å². The first-order chi connectivity index (χ1) is 9.83. The average Bonchev–Trinajstić information content (AvgIpc) is 3.02. The molecule has 1 atom stereocenters. The lowest BCUT2D eigenvalue weighted by Gasteiger charge is -2.13. The Hall–Kier alpha value is -2.21. The first-order valence-corrected chi connectivity index (χ1v) is 6.87. The van der Waals surface area contributed by atoms with Crippen LogP contribution in [0.1, 0.15) is 36.4 Å². The lowest BCUT2D eigenvalue weighted by molar-refractivity contribution is 0.597. The number of fused-ring (bicyclic) bond motifs is 1. The minimum absolute atomic E-state index is 0.136. The maximum absolute atomic E-state index is 6.36. The molecule has 0 aliphatic heterocycles. The molecular formula is C14H16N6. The highest BCUT2D eigenvalue weighted by Crippen LogP contribution is 2.39. The highest BCUT2D eigenvalue weighted by atomic mass is 15.2. The van der Waals surface area contributed by atoms with Gasteiger partial charge in [0.2, 0.25) is 0 Å². The van der Waals surface area contributed by atoms with Crippen LogP contribution in [0.5, 0.6) is 0 Å². The van der Waals surface area contributed by atoms with E-state index in [0.717, 1.165) is 22.6 Å². The fourth-order valence-corrected chi connectivity index (χ4v) is 2.67. The smallest absolute Gasteiger partial charge is 0.127 e. The molecule has 1 fully saturated rings. The molecule has 6 nitrogen and oxygen atoms in total. The fourth-order valence-electron chi connectivity index (χ4n) is 2.67. The first-order valence-electron chi connectivity index (χ1n) is 6.87. The summed E-state index contributed by atoms with van der Waals surface area (Å²) in [6.07, 6.45) is 10.2. The number of nitrogens with two attached hydrogens (primary N) is 1. The van der Waals surface area contributed by atoms with Crippen LogP contribution in [-0.2, 0) is 6.42 Å². The largest absolute Gasteiger partial charge is 0.348 e. The summed E-state index contributed by atoms with van der Waals surface area (Å²) >= 11 is 0. The Balaban J connectivity index is 1.76. The number of hydrogen-bond donors (Lipinski definition) is 2. The first kappa shape index (κ1) is 11.6. The number of H-pyrrole nitrogens is 1. The third kappa shape index (κ3) is 1.89. The molecule has 1 aliphatic rings. The van der Waals surface area contributed by atoms with E-state index in [9.17, 15) is 0 Å². The van der Waals surface area contributed by atoms with Crippen molar-refractivity contribution in [3.8, 4) is 0 Å². The van der Waals surface area contributed by atoms with Crippen LogP contribution in [0.15, 0.2) is 31.0 Å². The van der Waals surface area contributed by atoms with Gasteiger partial charge in [-0.25, -0.2) is 9.97 Å². The fraction of sp³-hybridized carbons (Fsp3) is 0.357. The number of imidazole rings is 2. The van der Waals surface area contributed by atoms with Gasteiger partial charge in [-0.05, 0) is 18.9 Å². The van der Waals surface area contributed by atoms with E-state index in [1.165, 1.54) is 12.8 Å². The van der Waals surface area contributed by atoms with Gasteiger partial charge in [0, 0.05) is 30.6 Å². The Kier molecular flexibility index (Phi) is 2.56. The lowest BCUT2D eigenvalue weighted by atomic mass is 10.1. The second-order valence-corrected chi connectivity index (χ2v) is 5.32. The number of hydrogen-bond acceptors (Lipinski definition) is 4. The van der Waals surface area contributed by atoms with Gasteiger partial charge in [-0.1, -0.05) is 0 Å².